The van der Waals surface area contributed by atoms with Gasteiger partial charge in [0.2, 0.25) is 0 Å². The molecule has 0 saturated heterocycles. The lowest BCUT2D eigenvalue weighted by Crippen LogP contribution is -2.21. The molecule has 0 saturated carbocycles. The van der Waals surface area contributed by atoms with E-state index in [0.717, 1.165) is 33.4 Å². The fraction of sp³-hybridized carbons (Fsp3) is 0.167. The molecule has 0 aliphatic rings. The number of fused-ring (bicyclic) bond motifs is 2. The van der Waals surface area contributed by atoms with E-state index in [0.29, 0.717) is 12.3 Å². The van der Waals surface area contributed by atoms with Gasteiger partial charge in [-0.25, -0.2) is 9.97 Å². The summed E-state index contributed by atoms with van der Waals surface area (Å²) in [6, 6.07) is 5.90. The molecule has 0 unspecified atom stereocenters. The van der Waals surface area contributed by atoms with Crippen LogP contribution in [0.2, 0.25) is 0 Å². The van der Waals surface area contributed by atoms with Crippen molar-refractivity contribution < 1.29 is 0 Å². The summed E-state index contributed by atoms with van der Waals surface area (Å²) in [4.78, 5) is 20.9. The standard InChI is InChI=1S/C18H16N8S/c1-12-15(25-6-7-27-18(25)22-12)10-24(2)16-8-14(13-4-3-5-19-9-13)23-17-20-11-21-26(16)17/h3-9,11H,10H2,1-2H3. The second kappa shape index (κ2) is 6.13. The molecule has 0 atom stereocenters. The van der Waals surface area contributed by atoms with Gasteiger partial charge in [-0.05, 0) is 19.1 Å². The summed E-state index contributed by atoms with van der Waals surface area (Å²) in [5, 5.41) is 6.39. The zero-order valence-electron chi connectivity index (χ0n) is 14.8. The maximum atomic E-state index is 4.64. The topological polar surface area (TPSA) is 76.5 Å². The van der Waals surface area contributed by atoms with Gasteiger partial charge in [0.15, 0.2) is 4.96 Å². The highest BCUT2D eigenvalue weighted by molar-refractivity contribution is 7.15. The van der Waals surface area contributed by atoms with Crippen LogP contribution in [0.25, 0.3) is 22.0 Å². The molecular formula is C18H16N8S. The number of aryl methyl sites for hydroxylation is 1. The number of aromatic nitrogens is 7. The molecule has 0 aliphatic heterocycles. The fourth-order valence-corrected chi connectivity index (χ4v) is 3.95. The van der Waals surface area contributed by atoms with Gasteiger partial charge in [0.1, 0.15) is 12.1 Å². The van der Waals surface area contributed by atoms with E-state index in [-0.39, 0.29) is 0 Å². The minimum absolute atomic E-state index is 0.559. The number of hydrogen-bond acceptors (Lipinski definition) is 7. The third-order valence-electron chi connectivity index (χ3n) is 4.53. The number of rotatable bonds is 4. The smallest absolute Gasteiger partial charge is 0.254 e. The Morgan fingerprint density at radius 3 is 3.04 bits per heavy atom. The van der Waals surface area contributed by atoms with Crippen LogP contribution in [0.3, 0.4) is 0 Å². The Kier molecular flexibility index (Phi) is 3.61. The lowest BCUT2D eigenvalue weighted by molar-refractivity contribution is 0.806. The first-order valence-corrected chi connectivity index (χ1v) is 9.32. The highest BCUT2D eigenvalue weighted by Crippen LogP contribution is 2.25. The molecule has 27 heavy (non-hydrogen) atoms. The van der Waals surface area contributed by atoms with E-state index < -0.39 is 0 Å². The van der Waals surface area contributed by atoms with Crippen molar-refractivity contribution in [2.24, 2.45) is 0 Å². The molecule has 0 spiro atoms. The van der Waals surface area contributed by atoms with E-state index >= 15 is 0 Å². The summed E-state index contributed by atoms with van der Waals surface area (Å²) in [5.74, 6) is 1.46. The average Bonchev–Trinajstić information content (AvgIpc) is 3.39. The van der Waals surface area contributed by atoms with Crippen molar-refractivity contribution in [3.63, 3.8) is 0 Å². The predicted molar refractivity (Wildman–Crippen MR) is 104 cm³/mol. The van der Waals surface area contributed by atoms with Crippen LogP contribution in [0, 0.1) is 6.92 Å². The van der Waals surface area contributed by atoms with Crippen molar-refractivity contribution in [2.75, 3.05) is 11.9 Å². The van der Waals surface area contributed by atoms with Gasteiger partial charge in [0, 0.05) is 42.6 Å². The van der Waals surface area contributed by atoms with Crippen molar-refractivity contribution in [1.82, 2.24) is 34.0 Å². The highest BCUT2D eigenvalue weighted by Gasteiger charge is 2.16. The van der Waals surface area contributed by atoms with E-state index in [1.165, 1.54) is 6.33 Å². The fourth-order valence-electron chi connectivity index (χ4n) is 3.17. The molecule has 5 aromatic heterocycles. The Hall–Kier alpha value is -3.33. The lowest BCUT2D eigenvalue weighted by atomic mass is 10.2. The van der Waals surface area contributed by atoms with Gasteiger partial charge >= 0.3 is 0 Å². The van der Waals surface area contributed by atoms with Crippen LogP contribution in [0.5, 0.6) is 0 Å². The molecule has 0 aliphatic carbocycles. The predicted octanol–water partition coefficient (Wildman–Crippen LogP) is 2.84. The number of nitrogens with zero attached hydrogens (tertiary/aromatic N) is 8. The largest absolute Gasteiger partial charge is 0.354 e. The summed E-state index contributed by atoms with van der Waals surface area (Å²) in [6.45, 7) is 2.73. The van der Waals surface area contributed by atoms with E-state index in [1.807, 2.05) is 37.6 Å². The van der Waals surface area contributed by atoms with Crippen molar-refractivity contribution in [2.45, 2.75) is 13.5 Å². The Labute approximate surface area is 158 Å². The molecule has 0 fully saturated rings. The monoisotopic (exact) mass is 376 g/mol. The van der Waals surface area contributed by atoms with Crippen LogP contribution in [-0.2, 0) is 6.54 Å². The van der Waals surface area contributed by atoms with Crippen LogP contribution in [-0.4, -0.2) is 41.0 Å². The van der Waals surface area contributed by atoms with Crippen LogP contribution in [0.4, 0.5) is 5.82 Å². The normalized spacial score (nSPS) is 11.5. The van der Waals surface area contributed by atoms with Crippen LogP contribution in [0.1, 0.15) is 11.4 Å². The lowest BCUT2D eigenvalue weighted by Gasteiger charge is -2.20. The molecule has 0 aromatic carbocycles. The van der Waals surface area contributed by atoms with Crippen molar-refractivity contribution in [1.29, 1.82) is 0 Å². The molecule has 0 bridgehead atoms. The van der Waals surface area contributed by atoms with Gasteiger partial charge < -0.3 is 4.90 Å². The maximum Gasteiger partial charge on any atom is 0.254 e. The minimum Gasteiger partial charge on any atom is -0.354 e. The molecule has 5 aromatic rings. The van der Waals surface area contributed by atoms with Crippen molar-refractivity contribution in [3.05, 3.63) is 59.9 Å². The molecule has 8 nitrogen and oxygen atoms in total. The van der Waals surface area contributed by atoms with Gasteiger partial charge in [-0.2, -0.15) is 14.6 Å². The minimum atomic E-state index is 0.559. The van der Waals surface area contributed by atoms with Crippen LogP contribution in [0.15, 0.2) is 48.5 Å². The van der Waals surface area contributed by atoms with Gasteiger partial charge in [-0.15, -0.1) is 11.3 Å². The third kappa shape index (κ3) is 2.63. The van der Waals surface area contributed by atoms with Crippen molar-refractivity contribution >= 4 is 27.9 Å². The zero-order chi connectivity index (χ0) is 18.4. The number of anilines is 1. The summed E-state index contributed by atoms with van der Waals surface area (Å²) < 4.78 is 3.89. The quantitative estimate of drug-likeness (QED) is 0.480. The first-order valence-electron chi connectivity index (χ1n) is 8.44. The summed E-state index contributed by atoms with van der Waals surface area (Å²) in [7, 11) is 2.04. The zero-order valence-corrected chi connectivity index (χ0v) is 15.6. The van der Waals surface area contributed by atoms with E-state index in [2.05, 4.69) is 40.5 Å². The number of thiazole rings is 1. The molecule has 134 valence electrons. The summed E-state index contributed by atoms with van der Waals surface area (Å²) in [6.07, 6.45) is 7.13. The van der Waals surface area contributed by atoms with Gasteiger partial charge in [-0.1, -0.05) is 0 Å². The molecule has 9 heteroatoms. The highest BCUT2D eigenvalue weighted by atomic mass is 32.1. The van der Waals surface area contributed by atoms with Gasteiger partial charge in [0.25, 0.3) is 5.78 Å². The van der Waals surface area contributed by atoms with Crippen LogP contribution < -0.4 is 4.90 Å². The molecule has 0 amide bonds. The van der Waals surface area contributed by atoms with E-state index in [9.17, 15) is 0 Å². The van der Waals surface area contributed by atoms with Crippen LogP contribution >= 0.6 is 11.3 Å². The van der Waals surface area contributed by atoms with Gasteiger partial charge in [0.05, 0.1) is 23.6 Å². The second-order valence-electron chi connectivity index (χ2n) is 6.27. The Balaban J connectivity index is 1.60. The Bertz CT molecular complexity index is 1240. The molecule has 5 heterocycles. The second-order valence-corrected chi connectivity index (χ2v) is 7.14. The number of imidazole rings is 1. The Morgan fingerprint density at radius 2 is 2.19 bits per heavy atom. The van der Waals surface area contributed by atoms with Crippen molar-refractivity contribution in [3.8, 4) is 11.3 Å². The summed E-state index contributed by atoms with van der Waals surface area (Å²) in [5.41, 5.74) is 3.95. The van der Waals surface area contributed by atoms with E-state index in [1.54, 1.807) is 28.2 Å². The summed E-state index contributed by atoms with van der Waals surface area (Å²) >= 11 is 1.64. The SMILES string of the molecule is Cc1nc2sccn2c1CN(C)c1cc(-c2cccnc2)nc2ncnn12. The molecule has 5 rings (SSSR count). The first-order chi connectivity index (χ1) is 13.2. The number of hydrogen-bond donors (Lipinski definition) is 0. The molecule has 0 N–H and O–H groups in total. The van der Waals surface area contributed by atoms with E-state index in [4.69, 9.17) is 0 Å². The average molecular weight is 376 g/mol. The first kappa shape index (κ1) is 15.9. The maximum absolute atomic E-state index is 4.64. The molecule has 0 radical (unpaired) electrons. The van der Waals surface area contributed by atoms with Gasteiger partial charge in [-0.3, -0.25) is 9.38 Å². The third-order valence-corrected chi connectivity index (χ3v) is 5.29. The Morgan fingerprint density at radius 1 is 1.26 bits per heavy atom. The molecular weight excluding hydrogens is 360 g/mol. The number of pyridine rings is 1.